The van der Waals surface area contributed by atoms with E-state index in [9.17, 15) is 9.90 Å². The summed E-state index contributed by atoms with van der Waals surface area (Å²) in [6, 6.07) is -0.121. The highest BCUT2D eigenvalue weighted by molar-refractivity contribution is 5.85. The Morgan fingerprint density at radius 2 is 2.06 bits per heavy atom. The summed E-state index contributed by atoms with van der Waals surface area (Å²) in [5.74, 6) is -0.134. The largest absolute Gasteiger partial charge is 0.391 e. The highest BCUT2D eigenvalue weighted by Crippen LogP contribution is 2.19. The number of amides is 1. The molecule has 0 spiro atoms. The highest BCUT2D eigenvalue weighted by Gasteiger charge is 2.31. The summed E-state index contributed by atoms with van der Waals surface area (Å²) in [5.41, 5.74) is 5.16. The molecule has 0 aromatic rings. The van der Waals surface area contributed by atoms with Crippen LogP contribution >= 0.6 is 0 Å². The quantitative estimate of drug-likeness (QED) is 0.651. The molecule has 3 unspecified atom stereocenters. The number of nitrogens with one attached hydrogen (secondary N) is 1. The fraction of sp³-hybridized carbons (Fsp3) is 0.923. The van der Waals surface area contributed by atoms with Crippen LogP contribution in [0.3, 0.4) is 0 Å². The first-order chi connectivity index (χ1) is 7.97. The number of carbonyl (C=O) groups is 1. The zero-order valence-corrected chi connectivity index (χ0v) is 11.0. The molecule has 0 aliphatic heterocycles. The maximum atomic E-state index is 12.0. The fourth-order valence-electron chi connectivity index (χ4n) is 2.42. The van der Waals surface area contributed by atoms with Gasteiger partial charge >= 0.3 is 0 Å². The van der Waals surface area contributed by atoms with E-state index >= 15 is 0 Å². The van der Waals surface area contributed by atoms with Crippen molar-refractivity contribution in [3.8, 4) is 0 Å². The van der Waals surface area contributed by atoms with Crippen LogP contribution in [0.15, 0.2) is 0 Å². The molecule has 0 aromatic heterocycles. The second-order valence-corrected chi connectivity index (χ2v) is 5.45. The molecule has 0 saturated heterocycles. The zero-order valence-electron chi connectivity index (χ0n) is 11.0. The molecule has 1 saturated carbocycles. The van der Waals surface area contributed by atoms with Crippen LogP contribution in [-0.4, -0.2) is 28.7 Å². The van der Waals surface area contributed by atoms with Crippen molar-refractivity contribution >= 4 is 5.91 Å². The lowest BCUT2D eigenvalue weighted by Gasteiger charge is -2.28. The highest BCUT2D eigenvalue weighted by atomic mass is 16.3. The lowest BCUT2D eigenvalue weighted by atomic mass is 9.95. The molecule has 1 aliphatic rings. The van der Waals surface area contributed by atoms with Crippen molar-refractivity contribution in [2.45, 2.75) is 76.5 Å². The summed E-state index contributed by atoms with van der Waals surface area (Å²) in [6.07, 6.45) is 6.01. The standard InChI is InChI=1S/C13H26N2O2/c1-3-9-13(2,14)12(17)15-10-7-5-4-6-8-11(10)16/h10-11,16H,3-9,14H2,1-2H3,(H,15,17). The third-order valence-corrected chi connectivity index (χ3v) is 3.58. The van der Waals surface area contributed by atoms with E-state index in [2.05, 4.69) is 5.32 Å². The minimum Gasteiger partial charge on any atom is -0.391 e. The molecule has 1 aliphatic carbocycles. The Labute approximate surface area is 104 Å². The lowest BCUT2D eigenvalue weighted by molar-refractivity contribution is -0.127. The van der Waals surface area contributed by atoms with Crippen molar-refractivity contribution in [3.05, 3.63) is 0 Å². The van der Waals surface area contributed by atoms with Gasteiger partial charge in [0, 0.05) is 0 Å². The number of aliphatic hydroxyl groups is 1. The van der Waals surface area contributed by atoms with Crippen LogP contribution in [0.5, 0.6) is 0 Å². The maximum absolute atomic E-state index is 12.0. The van der Waals surface area contributed by atoms with Gasteiger partial charge in [-0.3, -0.25) is 4.79 Å². The topological polar surface area (TPSA) is 75.4 Å². The van der Waals surface area contributed by atoms with E-state index in [0.717, 1.165) is 38.5 Å². The summed E-state index contributed by atoms with van der Waals surface area (Å²) in [4.78, 5) is 12.0. The van der Waals surface area contributed by atoms with E-state index in [1.807, 2.05) is 6.92 Å². The predicted octanol–water partition coefficient (Wildman–Crippen LogP) is 1.31. The second kappa shape index (κ2) is 6.36. The number of hydrogen-bond donors (Lipinski definition) is 3. The van der Waals surface area contributed by atoms with Crippen molar-refractivity contribution in [2.75, 3.05) is 0 Å². The third-order valence-electron chi connectivity index (χ3n) is 3.58. The van der Waals surface area contributed by atoms with Gasteiger partial charge in [0.25, 0.3) is 0 Å². The van der Waals surface area contributed by atoms with Crippen LogP contribution in [0.1, 0.15) is 58.8 Å². The maximum Gasteiger partial charge on any atom is 0.240 e. The number of rotatable bonds is 4. The Morgan fingerprint density at radius 1 is 1.41 bits per heavy atom. The van der Waals surface area contributed by atoms with Gasteiger partial charge in [-0.1, -0.05) is 32.6 Å². The summed E-state index contributed by atoms with van der Waals surface area (Å²) in [5, 5.41) is 12.9. The normalized spacial score (nSPS) is 29.2. The Hall–Kier alpha value is -0.610. The molecule has 0 heterocycles. The average Bonchev–Trinajstić information content (AvgIpc) is 2.44. The molecule has 3 atom stereocenters. The first-order valence-electron chi connectivity index (χ1n) is 6.75. The van der Waals surface area contributed by atoms with Crippen molar-refractivity contribution < 1.29 is 9.90 Å². The van der Waals surface area contributed by atoms with Gasteiger partial charge in [0.1, 0.15) is 0 Å². The van der Waals surface area contributed by atoms with E-state index in [-0.39, 0.29) is 11.9 Å². The van der Waals surface area contributed by atoms with Gasteiger partial charge in [0.15, 0.2) is 0 Å². The minimum absolute atomic E-state index is 0.121. The summed E-state index contributed by atoms with van der Waals surface area (Å²) >= 11 is 0. The Bertz CT molecular complexity index is 254. The molecule has 0 bridgehead atoms. The van der Waals surface area contributed by atoms with Crippen LogP contribution < -0.4 is 11.1 Å². The van der Waals surface area contributed by atoms with E-state index in [4.69, 9.17) is 5.73 Å². The van der Waals surface area contributed by atoms with Crippen molar-refractivity contribution in [1.29, 1.82) is 0 Å². The van der Waals surface area contributed by atoms with Gasteiger partial charge in [0.05, 0.1) is 17.7 Å². The van der Waals surface area contributed by atoms with Crippen LogP contribution in [-0.2, 0) is 4.79 Å². The van der Waals surface area contributed by atoms with Crippen molar-refractivity contribution in [3.63, 3.8) is 0 Å². The predicted molar refractivity (Wildman–Crippen MR) is 68.5 cm³/mol. The van der Waals surface area contributed by atoms with Crippen molar-refractivity contribution in [2.24, 2.45) is 5.73 Å². The molecule has 0 aromatic carbocycles. The number of carbonyl (C=O) groups excluding carboxylic acids is 1. The Morgan fingerprint density at radius 3 is 2.71 bits per heavy atom. The molecular weight excluding hydrogens is 216 g/mol. The van der Waals surface area contributed by atoms with Crippen molar-refractivity contribution in [1.82, 2.24) is 5.32 Å². The van der Waals surface area contributed by atoms with E-state index < -0.39 is 11.6 Å². The monoisotopic (exact) mass is 242 g/mol. The molecular formula is C13H26N2O2. The van der Waals surface area contributed by atoms with E-state index in [1.165, 1.54) is 0 Å². The first kappa shape index (κ1) is 14.5. The average molecular weight is 242 g/mol. The Balaban J connectivity index is 2.54. The number of aliphatic hydroxyl groups excluding tert-OH is 1. The third kappa shape index (κ3) is 4.28. The van der Waals surface area contributed by atoms with Crippen LogP contribution in [0.25, 0.3) is 0 Å². The number of nitrogens with two attached hydrogens (primary N) is 1. The van der Waals surface area contributed by atoms with Crippen LogP contribution in [0.4, 0.5) is 0 Å². The summed E-state index contributed by atoms with van der Waals surface area (Å²) in [7, 11) is 0. The zero-order chi connectivity index (χ0) is 12.9. The molecule has 1 fully saturated rings. The molecule has 4 N–H and O–H groups in total. The van der Waals surface area contributed by atoms with E-state index in [0.29, 0.717) is 6.42 Å². The molecule has 1 amide bonds. The fourth-order valence-corrected chi connectivity index (χ4v) is 2.42. The molecule has 4 nitrogen and oxygen atoms in total. The molecule has 1 rings (SSSR count). The van der Waals surface area contributed by atoms with Crippen LogP contribution in [0, 0.1) is 0 Å². The minimum atomic E-state index is -0.819. The van der Waals surface area contributed by atoms with Gasteiger partial charge in [-0.15, -0.1) is 0 Å². The summed E-state index contributed by atoms with van der Waals surface area (Å²) < 4.78 is 0. The Kier molecular flexibility index (Phi) is 5.40. The SMILES string of the molecule is CCCC(C)(N)C(=O)NC1CCCCCC1O. The second-order valence-electron chi connectivity index (χ2n) is 5.45. The van der Waals surface area contributed by atoms with Gasteiger partial charge < -0.3 is 16.2 Å². The summed E-state index contributed by atoms with van der Waals surface area (Å²) in [6.45, 7) is 3.77. The molecule has 100 valence electrons. The van der Waals surface area contributed by atoms with Gasteiger partial charge in [-0.05, 0) is 26.2 Å². The van der Waals surface area contributed by atoms with Gasteiger partial charge in [0.2, 0.25) is 5.91 Å². The number of hydrogen-bond acceptors (Lipinski definition) is 3. The van der Waals surface area contributed by atoms with E-state index in [1.54, 1.807) is 6.92 Å². The lowest BCUT2D eigenvalue weighted by Crippen LogP contribution is -2.56. The van der Waals surface area contributed by atoms with Gasteiger partial charge in [-0.25, -0.2) is 0 Å². The molecule has 4 heteroatoms. The first-order valence-corrected chi connectivity index (χ1v) is 6.75. The molecule has 17 heavy (non-hydrogen) atoms. The molecule has 0 radical (unpaired) electrons. The van der Waals surface area contributed by atoms with Gasteiger partial charge in [-0.2, -0.15) is 0 Å². The van der Waals surface area contributed by atoms with Crippen LogP contribution in [0.2, 0.25) is 0 Å². The smallest absolute Gasteiger partial charge is 0.240 e.